The van der Waals surface area contributed by atoms with Gasteiger partial charge in [0.15, 0.2) is 17.8 Å². The number of fused-ring (bicyclic) bond motifs is 1. The van der Waals surface area contributed by atoms with Crippen molar-refractivity contribution in [3.63, 3.8) is 0 Å². The van der Waals surface area contributed by atoms with Crippen molar-refractivity contribution < 1.29 is 18.7 Å². The first-order chi connectivity index (χ1) is 7.64. The van der Waals surface area contributed by atoms with E-state index in [0.717, 1.165) is 0 Å². The summed E-state index contributed by atoms with van der Waals surface area (Å²) in [5.41, 5.74) is -0.00893. The molecule has 0 atom stereocenters. The van der Waals surface area contributed by atoms with Crippen LogP contribution in [0.15, 0.2) is 12.1 Å². The molecule has 1 aliphatic heterocycles. The highest BCUT2D eigenvalue weighted by molar-refractivity contribution is 5.77. The quantitative estimate of drug-likeness (QED) is 0.740. The molecule has 1 aromatic carbocycles. The molecule has 4 heteroatoms. The Morgan fingerprint density at radius 3 is 2.31 bits per heavy atom. The van der Waals surface area contributed by atoms with Crippen LogP contribution in [0.2, 0.25) is 0 Å². The van der Waals surface area contributed by atoms with Crippen LogP contribution < -0.4 is 9.47 Å². The van der Waals surface area contributed by atoms with Gasteiger partial charge in [0.1, 0.15) is 5.82 Å². The van der Waals surface area contributed by atoms with Crippen molar-refractivity contribution in [2.75, 3.05) is 0 Å². The topological polar surface area (TPSA) is 35.5 Å². The van der Waals surface area contributed by atoms with E-state index in [4.69, 9.17) is 9.47 Å². The molecule has 86 valence electrons. The van der Waals surface area contributed by atoms with Gasteiger partial charge < -0.3 is 9.47 Å². The van der Waals surface area contributed by atoms with Crippen molar-refractivity contribution in [2.24, 2.45) is 0 Å². The Morgan fingerprint density at radius 1 is 1.25 bits per heavy atom. The highest BCUT2D eigenvalue weighted by atomic mass is 19.1. The zero-order valence-corrected chi connectivity index (χ0v) is 9.25. The van der Waals surface area contributed by atoms with Gasteiger partial charge in [0.25, 0.3) is 5.79 Å². The van der Waals surface area contributed by atoms with Crippen molar-refractivity contribution in [2.45, 2.75) is 32.5 Å². The first kappa shape index (κ1) is 10.9. The lowest BCUT2D eigenvalue weighted by Crippen LogP contribution is -2.36. The van der Waals surface area contributed by atoms with Crippen molar-refractivity contribution in [1.82, 2.24) is 0 Å². The van der Waals surface area contributed by atoms with E-state index in [0.29, 0.717) is 30.6 Å². The number of aldehydes is 1. The Morgan fingerprint density at radius 2 is 1.81 bits per heavy atom. The van der Waals surface area contributed by atoms with E-state index in [9.17, 15) is 9.18 Å². The maximum absolute atomic E-state index is 13.3. The minimum atomic E-state index is -0.712. The van der Waals surface area contributed by atoms with Gasteiger partial charge in [0, 0.05) is 18.9 Å². The summed E-state index contributed by atoms with van der Waals surface area (Å²) in [6.07, 6.45) is 1.79. The standard InChI is InChI=1S/C12H13FO3/c1-3-12(4-2)15-10-5-8(7-14)9(13)6-11(10)16-12/h5-7H,3-4H2,1-2H3. The first-order valence-electron chi connectivity index (χ1n) is 5.31. The SMILES string of the molecule is CCC1(CC)Oc2cc(F)c(C=O)cc2O1. The third-order valence-electron chi connectivity index (χ3n) is 2.86. The van der Waals surface area contributed by atoms with Crippen LogP contribution in [0.4, 0.5) is 4.39 Å². The van der Waals surface area contributed by atoms with Gasteiger partial charge in [-0.15, -0.1) is 0 Å². The molecule has 1 aromatic rings. The summed E-state index contributed by atoms with van der Waals surface area (Å²) in [6, 6.07) is 2.58. The molecule has 3 nitrogen and oxygen atoms in total. The van der Waals surface area contributed by atoms with Gasteiger partial charge in [-0.2, -0.15) is 0 Å². The van der Waals surface area contributed by atoms with Crippen molar-refractivity contribution in [3.05, 3.63) is 23.5 Å². The molecule has 1 aliphatic rings. The predicted octanol–water partition coefficient (Wildman–Crippen LogP) is 2.93. The molecular weight excluding hydrogens is 211 g/mol. The van der Waals surface area contributed by atoms with Gasteiger partial charge >= 0.3 is 0 Å². The third-order valence-corrected chi connectivity index (χ3v) is 2.86. The minimum Gasteiger partial charge on any atom is -0.448 e. The van der Waals surface area contributed by atoms with Gasteiger partial charge in [-0.1, -0.05) is 13.8 Å². The molecule has 0 saturated heterocycles. The van der Waals surface area contributed by atoms with Gasteiger partial charge in [0.05, 0.1) is 5.56 Å². The Balaban J connectivity index is 2.41. The lowest BCUT2D eigenvalue weighted by Gasteiger charge is -2.24. The fourth-order valence-corrected chi connectivity index (χ4v) is 1.76. The minimum absolute atomic E-state index is 0.00893. The van der Waals surface area contributed by atoms with E-state index in [1.807, 2.05) is 13.8 Å². The van der Waals surface area contributed by atoms with Crippen LogP contribution >= 0.6 is 0 Å². The highest BCUT2D eigenvalue weighted by Gasteiger charge is 2.38. The molecule has 0 amide bonds. The molecular formula is C12H13FO3. The predicted molar refractivity (Wildman–Crippen MR) is 56.4 cm³/mol. The maximum Gasteiger partial charge on any atom is 0.251 e. The van der Waals surface area contributed by atoms with E-state index >= 15 is 0 Å². The fourth-order valence-electron chi connectivity index (χ4n) is 1.76. The smallest absolute Gasteiger partial charge is 0.251 e. The maximum atomic E-state index is 13.3. The first-order valence-corrected chi connectivity index (χ1v) is 5.31. The lowest BCUT2D eigenvalue weighted by molar-refractivity contribution is -0.0843. The Hall–Kier alpha value is -1.58. The van der Waals surface area contributed by atoms with Crippen molar-refractivity contribution >= 4 is 6.29 Å². The molecule has 0 aromatic heterocycles. The lowest BCUT2D eigenvalue weighted by atomic mass is 10.1. The Kier molecular flexibility index (Phi) is 2.58. The van der Waals surface area contributed by atoms with Crippen molar-refractivity contribution in [1.29, 1.82) is 0 Å². The average Bonchev–Trinajstić information content (AvgIpc) is 2.66. The average molecular weight is 224 g/mol. The number of benzene rings is 1. The molecule has 16 heavy (non-hydrogen) atoms. The Labute approximate surface area is 93.2 Å². The van der Waals surface area contributed by atoms with Crippen LogP contribution in [0.5, 0.6) is 11.5 Å². The molecule has 0 bridgehead atoms. The number of rotatable bonds is 3. The van der Waals surface area contributed by atoms with Gasteiger partial charge in [-0.25, -0.2) is 4.39 Å². The molecule has 1 heterocycles. The number of carbonyl (C=O) groups excluding carboxylic acids is 1. The summed E-state index contributed by atoms with van der Waals surface area (Å²) in [5.74, 6) is -0.490. The second kappa shape index (κ2) is 3.77. The van der Waals surface area contributed by atoms with Crippen molar-refractivity contribution in [3.8, 4) is 11.5 Å². The monoisotopic (exact) mass is 224 g/mol. The molecule has 0 radical (unpaired) electrons. The molecule has 0 aliphatic carbocycles. The number of carbonyl (C=O) groups is 1. The van der Waals surface area contributed by atoms with E-state index in [1.54, 1.807) is 0 Å². The zero-order chi connectivity index (χ0) is 11.8. The summed E-state index contributed by atoms with van der Waals surface area (Å²) in [4.78, 5) is 10.6. The second-order valence-electron chi connectivity index (χ2n) is 3.76. The van der Waals surface area contributed by atoms with Crippen LogP contribution in [0.1, 0.15) is 37.0 Å². The van der Waals surface area contributed by atoms with Crippen LogP contribution in [0, 0.1) is 5.82 Å². The summed E-state index contributed by atoms with van der Waals surface area (Å²) in [5, 5.41) is 0. The molecule has 0 spiro atoms. The van der Waals surface area contributed by atoms with Crippen LogP contribution in [-0.2, 0) is 0 Å². The fraction of sp³-hybridized carbons (Fsp3) is 0.417. The van der Waals surface area contributed by atoms with Crippen LogP contribution in [-0.4, -0.2) is 12.1 Å². The largest absolute Gasteiger partial charge is 0.448 e. The number of hydrogen-bond acceptors (Lipinski definition) is 3. The zero-order valence-electron chi connectivity index (χ0n) is 9.25. The highest BCUT2D eigenvalue weighted by Crippen LogP contribution is 2.43. The van der Waals surface area contributed by atoms with Crippen LogP contribution in [0.3, 0.4) is 0 Å². The molecule has 0 unspecified atom stereocenters. The van der Waals surface area contributed by atoms with E-state index in [-0.39, 0.29) is 5.56 Å². The summed E-state index contributed by atoms with van der Waals surface area (Å²) in [6.45, 7) is 3.87. The molecule has 2 rings (SSSR count). The second-order valence-corrected chi connectivity index (χ2v) is 3.76. The van der Waals surface area contributed by atoms with E-state index in [2.05, 4.69) is 0 Å². The van der Waals surface area contributed by atoms with Gasteiger partial charge in [-0.05, 0) is 6.07 Å². The molecule has 0 N–H and O–H groups in total. The van der Waals surface area contributed by atoms with Crippen LogP contribution in [0.25, 0.3) is 0 Å². The molecule has 0 fully saturated rings. The third kappa shape index (κ3) is 1.54. The number of hydrogen-bond donors (Lipinski definition) is 0. The normalized spacial score (nSPS) is 16.2. The number of halogens is 1. The van der Waals surface area contributed by atoms with Gasteiger partial charge in [0.2, 0.25) is 0 Å². The summed E-state index contributed by atoms with van der Waals surface area (Å²) < 4.78 is 24.6. The van der Waals surface area contributed by atoms with E-state index < -0.39 is 11.6 Å². The Bertz CT molecular complexity index is 425. The summed E-state index contributed by atoms with van der Waals surface area (Å²) in [7, 11) is 0. The van der Waals surface area contributed by atoms with E-state index in [1.165, 1.54) is 12.1 Å². The number of ether oxygens (including phenoxy) is 2. The molecule has 0 saturated carbocycles. The summed E-state index contributed by atoms with van der Waals surface area (Å²) >= 11 is 0. The van der Waals surface area contributed by atoms with Gasteiger partial charge in [-0.3, -0.25) is 4.79 Å².